The van der Waals surface area contributed by atoms with Crippen LogP contribution in [0.4, 0.5) is 0 Å². The first kappa shape index (κ1) is 32.5. The molecule has 0 spiro atoms. The number of hydrogen-bond donors (Lipinski definition) is 1. The predicted octanol–water partition coefficient (Wildman–Crippen LogP) is 10.8. The van der Waals surface area contributed by atoms with E-state index in [4.69, 9.17) is 0 Å². The number of nitrogens with one attached hydrogen (secondary N) is 1. The van der Waals surface area contributed by atoms with Gasteiger partial charge in [0.2, 0.25) is 5.91 Å². The van der Waals surface area contributed by atoms with Crippen molar-refractivity contribution in [2.45, 2.75) is 187 Å². The summed E-state index contributed by atoms with van der Waals surface area (Å²) in [5.41, 5.74) is 0. The minimum Gasteiger partial charge on any atom is -0.351 e. The van der Waals surface area contributed by atoms with Crippen LogP contribution in [0.15, 0.2) is 0 Å². The van der Waals surface area contributed by atoms with Gasteiger partial charge in [0.25, 0.3) is 0 Å². The number of carbonyl (C=O) groups excluding carboxylic acids is 1. The highest BCUT2D eigenvalue weighted by molar-refractivity contribution is 5.76. The van der Waals surface area contributed by atoms with Crippen molar-refractivity contribution < 1.29 is 4.79 Å². The van der Waals surface area contributed by atoms with Crippen LogP contribution in [0, 0.1) is 6.54 Å². The molecule has 0 aromatic rings. The molecule has 1 radical (unpaired) electrons. The summed E-state index contributed by atoms with van der Waals surface area (Å²) in [7, 11) is 0. The first-order chi connectivity index (χ1) is 16.3. The number of carbonyl (C=O) groups is 1. The van der Waals surface area contributed by atoms with Crippen LogP contribution in [-0.2, 0) is 4.79 Å². The SMILES string of the molecule is CC[CH]NC(=O)CCCCCCCCCCCCCCCCCCCCCCCCCCC. The van der Waals surface area contributed by atoms with Gasteiger partial charge in [-0.15, -0.1) is 0 Å². The maximum Gasteiger partial charge on any atom is 0.220 e. The molecule has 0 aliphatic rings. The van der Waals surface area contributed by atoms with E-state index in [0.717, 1.165) is 12.8 Å². The van der Waals surface area contributed by atoms with Crippen molar-refractivity contribution in [3.63, 3.8) is 0 Å². The molecule has 0 saturated heterocycles. The lowest BCUT2D eigenvalue weighted by Crippen LogP contribution is -2.19. The van der Waals surface area contributed by atoms with Crippen molar-refractivity contribution in [1.29, 1.82) is 0 Å². The summed E-state index contributed by atoms with van der Waals surface area (Å²) >= 11 is 0. The van der Waals surface area contributed by atoms with Gasteiger partial charge in [0, 0.05) is 13.0 Å². The largest absolute Gasteiger partial charge is 0.351 e. The zero-order valence-corrected chi connectivity index (χ0v) is 23.1. The van der Waals surface area contributed by atoms with Gasteiger partial charge in [0.15, 0.2) is 0 Å². The first-order valence-corrected chi connectivity index (χ1v) is 15.4. The highest BCUT2D eigenvalue weighted by Gasteiger charge is 2.00. The predicted molar refractivity (Wildman–Crippen MR) is 148 cm³/mol. The van der Waals surface area contributed by atoms with E-state index in [-0.39, 0.29) is 5.91 Å². The van der Waals surface area contributed by atoms with Gasteiger partial charge >= 0.3 is 0 Å². The van der Waals surface area contributed by atoms with E-state index in [0.29, 0.717) is 6.42 Å². The van der Waals surface area contributed by atoms with Crippen molar-refractivity contribution in [3.05, 3.63) is 6.54 Å². The molecule has 0 aliphatic heterocycles. The molecule has 33 heavy (non-hydrogen) atoms. The monoisotopic (exact) mass is 464 g/mol. The summed E-state index contributed by atoms with van der Waals surface area (Å²) in [6.07, 6.45) is 37.0. The van der Waals surface area contributed by atoms with Crippen LogP contribution in [0.5, 0.6) is 0 Å². The third-order valence-corrected chi connectivity index (χ3v) is 6.97. The van der Waals surface area contributed by atoms with Gasteiger partial charge in [0.1, 0.15) is 0 Å². The van der Waals surface area contributed by atoms with E-state index >= 15 is 0 Å². The van der Waals surface area contributed by atoms with Crippen LogP contribution in [0.25, 0.3) is 0 Å². The molecule has 0 bridgehead atoms. The van der Waals surface area contributed by atoms with Crippen LogP contribution in [0.1, 0.15) is 187 Å². The average molecular weight is 465 g/mol. The first-order valence-electron chi connectivity index (χ1n) is 15.4. The molecule has 2 heteroatoms. The minimum atomic E-state index is 0.186. The van der Waals surface area contributed by atoms with Crippen molar-refractivity contribution in [1.82, 2.24) is 5.32 Å². The van der Waals surface area contributed by atoms with Crippen molar-refractivity contribution in [2.75, 3.05) is 0 Å². The molecule has 0 saturated carbocycles. The van der Waals surface area contributed by atoms with Gasteiger partial charge in [0.05, 0.1) is 0 Å². The Balaban J connectivity index is 3.04. The summed E-state index contributed by atoms with van der Waals surface area (Å²) in [5.74, 6) is 0.186. The summed E-state index contributed by atoms with van der Waals surface area (Å²) in [6, 6.07) is 0. The van der Waals surface area contributed by atoms with E-state index in [9.17, 15) is 4.79 Å². The van der Waals surface area contributed by atoms with Gasteiger partial charge in [-0.05, 0) is 12.8 Å². The zero-order chi connectivity index (χ0) is 24.1. The standard InChI is InChI=1S/C31H62NO/c1-3-5-6-7-8-9-10-11-12-13-14-15-16-17-18-19-20-21-22-23-24-25-26-27-28-29-31(33)32-30-4-2/h30H,3-29H2,1-2H3,(H,32,33). The average Bonchev–Trinajstić information content (AvgIpc) is 2.82. The molecule has 0 heterocycles. The van der Waals surface area contributed by atoms with Crippen LogP contribution >= 0.6 is 0 Å². The molecule has 0 rings (SSSR count). The fourth-order valence-electron chi connectivity index (χ4n) is 4.71. The van der Waals surface area contributed by atoms with E-state index in [2.05, 4.69) is 12.2 Å². The number of unbranched alkanes of at least 4 members (excludes halogenated alkanes) is 24. The Bertz CT molecular complexity index is 368. The molecular weight excluding hydrogens is 402 g/mol. The van der Waals surface area contributed by atoms with E-state index in [1.165, 1.54) is 154 Å². The Labute approximate surface area is 209 Å². The van der Waals surface area contributed by atoms with Gasteiger partial charge in [-0.2, -0.15) is 0 Å². The lowest BCUT2D eigenvalue weighted by molar-refractivity contribution is -0.120. The van der Waals surface area contributed by atoms with Crippen LogP contribution < -0.4 is 5.32 Å². The van der Waals surface area contributed by atoms with Gasteiger partial charge in [-0.3, -0.25) is 4.79 Å². The Morgan fingerprint density at radius 2 is 0.727 bits per heavy atom. The number of hydrogen-bond acceptors (Lipinski definition) is 1. The second kappa shape index (κ2) is 29.5. The lowest BCUT2D eigenvalue weighted by atomic mass is 10.0. The quantitative estimate of drug-likeness (QED) is 0.115. The highest BCUT2D eigenvalue weighted by Crippen LogP contribution is 2.15. The third-order valence-electron chi connectivity index (χ3n) is 6.97. The molecule has 1 amide bonds. The molecule has 197 valence electrons. The summed E-state index contributed by atoms with van der Waals surface area (Å²) < 4.78 is 0. The minimum absolute atomic E-state index is 0.186. The van der Waals surface area contributed by atoms with Crippen LogP contribution in [-0.4, -0.2) is 5.91 Å². The smallest absolute Gasteiger partial charge is 0.220 e. The molecule has 0 atom stereocenters. The Kier molecular flexibility index (Phi) is 29.0. The normalized spacial score (nSPS) is 11.2. The highest BCUT2D eigenvalue weighted by atomic mass is 16.1. The number of amides is 1. The third kappa shape index (κ3) is 29.4. The fraction of sp³-hybridized carbons (Fsp3) is 0.935. The maximum absolute atomic E-state index is 11.5. The summed E-state index contributed by atoms with van der Waals surface area (Å²) in [6.45, 7) is 6.19. The molecule has 0 unspecified atom stereocenters. The molecule has 0 aromatic carbocycles. The van der Waals surface area contributed by atoms with Crippen LogP contribution in [0.3, 0.4) is 0 Å². The van der Waals surface area contributed by atoms with Crippen molar-refractivity contribution in [2.24, 2.45) is 0 Å². The molecule has 1 N–H and O–H groups in total. The molecular formula is C31H62NO. The summed E-state index contributed by atoms with van der Waals surface area (Å²) in [4.78, 5) is 11.5. The van der Waals surface area contributed by atoms with E-state index in [1.807, 2.05) is 13.5 Å². The topological polar surface area (TPSA) is 29.1 Å². The van der Waals surface area contributed by atoms with Crippen molar-refractivity contribution >= 4 is 5.91 Å². The maximum atomic E-state index is 11.5. The second-order valence-electron chi connectivity index (χ2n) is 10.4. The molecule has 2 nitrogen and oxygen atoms in total. The zero-order valence-electron chi connectivity index (χ0n) is 23.1. The van der Waals surface area contributed by atoms with Gasteiger partial charge < -0.3 is 5.32 Å². The Morgan fingerprint density at radius 3 is 1.00 bits per heavy atom. The van der Waals surface area contributed by atoms with E-state index < -0.39 is 0 Å². The van der Waals surface area contributed by atoms with Crippen molar-refractivity contribution in [3.8, 4) is 0 Å². The second-order valence-corrected chi connectivity index (χ2v) is 10.4. The Hall–Kier alpha value is -0.530. The fourth-order valence-corrected chi connectivity index (χ4v) is 4.71. The molecule has 0 aromatic heterocycles. The lowest BCUT2D eigenvalue weighted by Gasteiger charge is -2.05. The summed E-state index contributed by atoms with van der Waals surface area (Å²) in [5, 5.41) is 2.84. The Morgan fingerprint density at radius 1 is 0.455 bits per heavy atom. The number of rotatable bonds is 28. The van der Waals surface area contributed by atoms with Crippen LogP contribution in [0.2, 0.25) is 0 Å². The van der Waals surface area contributed by atoms with Gasteiger partial charge in [-0.25, -0.2) is 0 Å². The van der Waals surface area contributed by atoms with E-state index in [1.54, 1.807) is 0 Å². The van der Waals surface area contributed by atoms with Gasteiger partial charge in [-0.1, -0.05) is 168 Å². The molecule has 0 fully saturated rings. The molecule has 0 aliphatic carbocycles.